The highest BCUT2D eigenvalue weighted by Crippen LogP contribution is 2.24. The third-order valence-corrected chi connectivity index (χ3v) is 5.17. The van der Waals surface area contributed by atoms with Crippen LogP contribution in [0.1, 0.15) is 36.8 Å². The fourth-order valence-corrected chi connectivity index (χ4v) is 3.56. The molecule has 0 bridgehead atoms. The lowest BCUT2D eigenvalue weighted by atomic mass is 9.93. The lowest BCUT2D eigenvalue weighted by Crippen LogP contribution is -2.52. The van der Waals surface area contributed by atoms with Crippen molar-refractivity contribution in [3.8, 4) is 0 Å². The smallest absolute Gasteiger partial charge is 0.228 e. The summed E-state index contributed by atoms with van der Waals surface area (Å²) in [6, 6.07) is 0. The van der Waals surface area contributed by atoms with Crippen LogP contribution in [0.15, 0.2) is 4.52 Å². The highest BCUT2D eigenvalue weighted by Gasteiger charge is 2.33. The summed E-state index contributed by atoms with van der Waals surface area (Å²) in [5.74, 6) is 1.21. The molecular weight excluding hydrogens is 294 g/mol. The van der Waals surface area contributed by atoms with E-state index in [4.69, 9.17) is 9.26 Å². The van der Waals surface area contributed by atoms with Gasteiger partial charge in [0.25, 0.3) is 0 Å². The van der Waals surface area contributed by atoms with Gasteiger partial charge in [-0.15, -0.1) is 0 Å². The minimum Gasteiger partial charge on any atom is -0.378 e. The Kier molecular flexibility index (Phi) is 5.02. The molecule has 2 aliphatic heterocycles. The van der Waals surface area contributed by atoms with Crippen LogP contribution in [0, 0.1) is 19.8 Å². The summed E-state index contributed by atoms with van der Waals surface area (Å²) in [6.45, 7) is 11.0. The summed E-state index contributed by atoms with van der Waals surface area (Å²) in [6.07, 6.45) is 2.00. The van der Waals surface area contributed by atoms with Gasteiger partial charge in [-0.05, 0) is 33.6 Å². The third kappa shape index (κ3) is 3.58. The normalized spacial score (nSPS) is 26.5. The van der Waals surface area contributed by atoms with Crippen molar-refractivity contribution in [3.63, 3.8) is 0 Å². The molecule has 1 amide bonds. The first kappa shape index (κ1) is 16.5. The minimum absolute atomic E-state index is 0.0397. The number of nitrogens with zero attached hydrogens (tertiary/aromatic N) is 3. The molecule has 23 heavy (non-hydrogen) atoms. The van der Waals surface area contributed by atoms with E-state index >= 15 is 0 Å². The first-order valence-corrected chi connectivity index (χ1v) is 8.60. The SMILES string of the molecule is Cc1noc(C)c1CN1CCN(C(=O)C2CCCOC2C)CC1. The van der Waals surface area contributed by atoms with E-state index in [9.17, 15) is 4.79 Å². The summed E-state index contributed by atoms with van der Waals surface area (Å²) >= 11 is 0. The zero-order valence-electron chi connectivity index (χ0n) is 14.4. The molecule has 1 aromatic heterocycles. The van der Waals surface area contributed by atoms with Gasteiger partial charge < -0.3 is 14.2 Å². The molecule has 2 fully saturated rings. The quantitative estimate of drug-likeness (QED) is 0.849. The summed E-state index contributed by atoms with van der Waals surface area (Å²) in [7, 11) is 0. The maximum absolute atomic E-state index is 12.7. The Morgan fingerprint density at radius 3 is 2.61 bits per heavy atom. The van der Waals surface area contributed by atoms with Gasteiger partial charge in [0.15, 0.2) is 0 Å². The fourth-order valence-electron chi connectivity index (χ4n) is 3.56. The van der Waals surface area contributed by atoms with Crippen LogP contribution in [0.4, 0.5) is 0 Å². The number of hydrogen-bond donors (Lipinski definition) is 0. The monoisotopic (exact) mass is 321 g/mol. The molecule has 3 rings (SSSR count). The molecule has 0 aromatic carbocycles. The van der Waals surface area contributed by atoms with Crippen LogP contribution < -0.4 is 0 Å². The molecule has 0 radical (unpaired) electrons. The van der Waals surface area contributed by atoms with Gasteiger partial charge in [-0.1, -0.05) is 5.16 Å². The van der Waals surface area contributed by atoms with E-state index < -0.39 is 0 Å². The molecule has 2 unspecified atom stereocenters. The number of carbonyl (C=O) groups excluding carboxylic acids is 1. The van der Waals surface area contributed by atoms with Gasteiger partial charge in [0.05, 0.1) is 17.7 Å². The van der Waals surface area contributed by atoms with E-state index in [1.807, 2.05) is 25.7 Å². The summed E-state index contributed by atoms with van der Waals surface area (Å²) in [5, 5.41) is 4.01. The minimum atomic E-state index is 0.0397. The third-order valence-electron chi connectivity index (χ3n) is 5.17. The van der Waals surface area contributed by atoms with Gasteiger partial charge in [0.1, 0.15) is 5.76 Å². The Morgan fingerprint density at radius 2 is 2.00 bits per heavy atom. The van der Waals surface area contributed by atoms with Crippen LogP contribution in [-0.4, -0.2) is 59.8 Å². The van der Waals surface area contributed by atoms with Gasteiger partial charge in [0, 0.05) is 44.9 Å². The van der Waals surface area contributed by atoms with Crippen molar-refractivity contribution < 1.29 is 14.1 Å². The number of amides is 1. The Hall–Kier alpha value is -1.40. The topological polar surface area (TPSA) is 58.8 Å². The fraction of sp³-hybridized carbons (Fsp3) is 0.765. The van der Waals surface area contributed by atoms with Crippen LogP contribution >= 0.6 is 0 Å². The van der Waals surface area contributed by atoms with Crippen molar-refractivity contribution in [1.82, 2.24) is 15.0 Å². The molecule has 0 saturated carbocycles. The number of hydrogen-bond acceptors (Lipinski definition) is 5. The predicted octanol–water partition coefficient (Wildman–Crippen LogP) is 1.75. The van der Waals surface area contributed by atoms with Crippen molar-refractivity contribution in [3.05, 3.63) is 17.0 Å². The van der Waals surface area contributed by atoms with E-state index in [0.29, 0.717) is 0 Å². The zero-order chi connectivity index (χ0) is 16.4. The second-order valence-corrected chi connectivity index (χ2v) is 6.73. The lowest BCUT2D eigenvalue weighted by Gasteiger charge is -2.38. The van der Waals surface area contributed by atoms with E-state index in [1.165, 1.54) is 5.56 Å². The molecule has 3 heterocycles. The molecule has 2 saturated heterocycles. The molecule has 0 spiro atoms. The Bertz CT molecular complexity index is 530. The first-order valence-electron chi connectivity index (χ1n) is 8.60. The van der Waals surface area contributed by atoms with Crippen molar-refractivity contribution in [2.45, 2.75) is 46.3 Å². The molecule has 0 aliphatic carbocycles. The molecular formula is C17H27N3O3. The summed E-state index contributed by atoms with van der Waals surface area (Å²) in [5.41, 5.74) is 2.15. The van der Waals surface area contributed by atoms with Crippen LogP contribution in [0.2, 0.25) is 0 Å². The van der Waals surface area contributed by atoms with Gasteiger partial charge >= 0.3 is 0 Å². The van der Waals surface area contributed by atoms with Crippen LogP contribution in [-0.2, 0) is 16.1 Å². The molecule has 1 aromatic rings. The maximum Gasteiger partial charge on any atom is 0.228 e. The Morgan fingerprint density at radius 1 is 1.26 bits per heavy atom. The average Bonchev–Trinajstić information content (AvgIpc) is 2.87. The van der Waals surface area contributed by atoms with Crippen molar-refractivity contribution >= 4 is 5.91 Å². The number of aryl methyl sites for hydroxylation is 2. The van der Waals surface area contributed by atoms with Gasteiger partial charge in [-0.2, -0.15) is 0 Å². The maximum atomic E-state index is 12.7. The Labute approximate surface area is 137 Å². The molecule has 0 N–H and O–H groups in total. The second-order valence-electron chi connectivity index (χ2n) is 6.73. The molecule has 6 nitrogen and oxygen atoms in total. The highest BCUT2D eigenvalue weighted by atomic mass is 16.5. The number of rotatable bonds is 3. The number of carbonyl (C=O) groups is 1. The average molecular weight is 321 g/mol. The van der Waals surface area contributed by atoms with E-state index in [1.54, 1.807) is 0 Å². The largest absolute Gasteiger partial charge is 0.378 e. The van der Waals surface area contributed by atoms with Crippen LogP contribution in [0.5, 0.6) is 0 Å². The first-order chi connectivity index (χ1) is 11.1. The molecule has 128 valence electrons. The Balaban J connectivity index is 1.53. The van der Waals surface area contributed by atoms with Gasteiger partial charge in [-0.3, -0.25) is 9.69 Å². The summed E-state index contributed by atoms with van der Waals surface area (Å²) in [4.78, 5) is 17.1. The zero-order valence-corrected chi connectivity index (χ0v) is 14.4. The van der Waals surface area contributed by atoms with Crippen molar-refractivity contribution in [1.29, 1.82) is 0 Å². The van der Waals surface area contributed by atoms with Crippen LogP contribution in [0.25, 0.3) is 0 Å². The number of piperazine rings is 1. The van der Waals surface area contributed by atoms with Crippen molar-refractivity contribution in [2.75, 3.05) is 32.8 Å². The van der Waals surface area contributed by atoms with Crippen molar-refractivity contribution in [2.24, 2.45) is 5.92 Å². The van der Waals surface area contributed by atoms with E-state index in [0.717, 1.165) is 63.6 Å². The molecule has 2 atom stereocenters. The lowest BCUT2D eigenvalue weighted by molar-refractivity contribution is -0.145. The number of aromatic nitrogens is 1. The van der Waals surface area contributed by atoms with Gasteiger partial charge in [-0.25, -0.2) is 0 Å². The second kappa shape index (κ2) is 7.01. The molecule has 6 heteroatoms. The van der Waals surface area contributed by atoms with Gasteiger partial charge in [0.2, 0.25) is 5.91 Å². The standard InChI is InChI=1S/C17H27N3O3/c1-12-16(14(3)23-18-12)11-19-6-8-20(9-7-19)17(21)15-5-4-10-22-13(15)2/h13,15H,4-11H2,1-3H3. The van der Waals surface area contributed by atoms with E-state index in [2.05, 4.69) is 10.1 Å². The van der Waals surface area contributed by atoms with Crippen LogP contribution in [0.3, 0.4) is 0 Å². The summed E-state index contributed by atoms with van der Waals surface area (Å²) < 4.78 is 10.9. The predicted molar refractivity (Wildman–Crippen MR) is 86.0 cm³/mol. The number of ether oxygens (including phenoxy) is 1. The molecule has 2 aliphatic rings. The van der Waals surface area contributed by atoms with E-state index in [-0.39, 0.29) is 17.9 Å². The highest BCUT2D eigenvalue weighted by molar-refractivity contribution is 5.79.